The molecule has 0 atom stereocenters. The predicted octanol–water partition coefficient (Wildman–Crippen LogP) is 2.56. The van der Waals surface area contributed by atoms with Gasteiger partial charge >= 0.3 is 0 Å². The van der Waals surface area contributed by atoms with Gasteiger partial charge in [-0.25, -0.2) is 9.50 Å². The van der Waals surface area contributed by atoms with E-state index in [4.69, 9.17) is 0 Å². The zero-order valence-electron chi connectivity index (χ0n) is 11.0. The van der Waals surface area contributed by atoms with Gasteiger partial charge in [-0.1, -0.05) is 31.2 Å². The molecule has 2 aromatic heterocycles. The van der Waals surface area contributed by atoms with Gasteiger partial charge in [-0.05, 0) is 18.9 Å². The Hall–Kier alpha value is -2.36. The maximum Gasteiger partial charge on any atom is 0.273 e. The Labute approximate surface area is 110 Å². The minimum Gasteiger partial charge on any atom is -0.297 e. The van der Waals surface area contributed by atoms with Gasteiger partial charge in [-0.15, -0.1) is 0 Å². The summed E-state index contributed by atoms with van der Waals surface area (Å²) in [7, 11) is 0. The molecule has 1 N–H and O–H groups in total. The van der Waals surface area contributed by atoms with E-state index in [9.17, 15) is 4.79 Å². The Morgan fingerprint density at radius 2 is 2.11 bits per heavy atom. The maximum atomic E-state index is 12.1. The van der Waals surface area contributed by atoms with Crippen LogP contribution in [0.25, 0.3) is 16.9 Å². The average molecular weight is 253 g/mol. The summed E-state index contributed by atoms with van der Waals surface area (Å²) in [6.45, 7) is 4.08. The number of aryl methyl sites for hydroxylation is 2. The van der Waals surface area contributed by atoms with Crippen molar-refractivity contribution in [2.75, 3.05) is 0 Å². The van der Waals surface area contributed by atoms with Crippen molar-refractivity contribution < 1.29 is 0 Å². The molecule has 0 aliphatic carbocycles. The van der Waals surface area contributed by atoms with Gasteiger partial charge in [0.1, 0.15) is 0 Å². The molecule has 4 heteroatoms. The van der Waals surface area contributed by atoms with E-state index < -0.39 is 0 Å². The lowest BCUT2D eigenvalue weighted by Crippen LogP contribution is -2.14. The van der Waals surface area contributed by atoms with E-state index in [1.54, 1.807) is 6.07 Å². The fourth-order valence-corrected chi connectivity index (χ4v) is 2.29. The molecule has 2 heterocycles. The second-order valence-corrected chi connectivity index (χ2v) is 4.61. The Morgan fingerprint density at radius 3 is 2.84 bits per heavy atom. The number of benzene rings is 1. The van der Waals surface area contributed by atoms with E-state index in [1.165, 1.54) is 4.52 Å². The molecule has 0 unspecified atom stereocenters. The first-order valence-corrected chi connectivity index (χ1v) is 6.36. The molecule has 96 valence electrons. The monoisotopic (exact) mass is 253 g/mol. The third-order valence-corrected chi connectivity index (χ3v) is 3.38. The van der Waals surface area contributed by atoms with Crippen LogP contribution in [0.4, 0.5) is 0 Å². The summed E-state index contributed by atoms with van der Waals surface area (Å²) in [5.41, 5.74) is 4.54. The van der Waals surface area contributed by atoms with Crippen LogP contribution in [-0.4, -0.2) is 14.6 Å². The van der Waals surface area contributed by atoms with E-state index in [0.717, 1.165) is 28.8 Å². The summed E-state index contributed by atoms with van der Waals surface area (Å²) in [5.74, 6) is 0. The fraction of sp³-hybridized carbons (Fsp3) is 0.200. The Morgan fingerprint density at radius 1 is 1.32 bits per heavy atom. The number of rotatable bonds is 2. The van der Waals surface area contributed by atoms with Crippen LogP contribution >= 0.6 is 0 Å². The Kier molecular flexibility index (Phi) is 2.71. The largest absolute Gasteiger partial charge is 0.297 e. The smallest absolute Gasteiger partial charge is 0.273 e. The van der Waals surface area contributed by atoms with Gasteiger partial charge in [-0.2, -0.15) is 0 Å². The number of aromatic amines is 1. The van der Waals surface area contributed by atoms with E-state index in [0.29, 0.717) is 5.65 Å². The molecule has 0 saturated heterocycles. The highest BCUT2D eigenvalue weighted by Crippen LogP contribution is 2.21. The molecular formula is C15H15N3O. The molecule has 0 spiro atoms. The van der Waals surface area contributed by atoms with Gasteiger partial charge in [-0.3, -0.25) is 9.89 Å². The fourth-order valence-electron chi connectivity index (χ4n) is 2.29. The highest BCUT2D eigenvalue weighted by Gasteiger charge is 2.10. The molecule has 0 fully saturated rings. The van der Waals surface area contributed by atoms with Gasteiger partial charge < -0.3 is 0 Å². The second kappa shape index (κ2) is 4.39. The first-order chi connectivity index (χ1) is 9.20. The van der Waals surface area contributed by atoms with Crippen molar-refractivity contribution in [1.82, 2.24) is 14.6 Å². The summed E-state index contributed by atoms with van der Waals surface area (Å²) in [6.07, 6.45) is 2.68. The summed E-state index contributed by atoms with van der Waals surface area (Å²) in [5, 5.41) is 2.94. The quantitative estimate of drug-likeness (QED) is 0.763. The van der Waals surface area contributed by atoms with Crippen LogP contribution in [0.5, 0.6) is 0 Å². The van der Waals surface area contributed by atoms with Crippen molar-refractivity contribution in [2.24, 2.45) is 0 Å². The zero-order chi connectivity index (χ0) is 13.4. The summed E-state index contributed by atoms with van der Waals surface area (Å²) >= 11 is 0. The maximum absolute atomic E-state index is 12.1. The minimum absolute atomic E-state index is 0.0806. The number of H-pyrrole nitrogens is 1. The third kappa shape index (κ3) is 1.85. The predicted molar refractivity (Wildman–Crippen MR) is 75.4 cm³/mol. The Bertz CT molecular complexity index is 799. The summed E-state index contributed by atoms with van der Waals surface area (Å²) in [6, 6.07) is 9.54. The van der Waals surface area contributed by atoms with Crippen LogP contribution in [0.15, 0.2) is 41.3 Å². The molecule has 0 aliphatic heterocycles. The van der Waals surface area contributed by atoms with Gasteiger partial charge in [0.25, 0.3) is 5.56 Å². The zero-order valence-corrected chi connectivity index (χ0v) is 11.0. The molecule has 0 saturated carbocycles. The molecule has 0 aliphatic rings. The van der Waals surface area contributed by atoms with E-state index in [2.05, 4.69) is 17.0 Å². The number of hydrogen-bond acceptors (Lipinski definition) is 2. The highest BCUT2D eigenvalue weighted by atomic mass is 16.1. The van der Waals surface area contributed by atoms with Crippen LogP contribution in [0.1, 0.15) is 18.1 Å². The van der Waals surface area contributed by atoms with Crippen molar-refractivity contribution in [2.45, 2.75) is 20.3 Å². The van der Waals surface area contributed by atoms with Gasteiger partial charge in [0.15, 0.2) is 5.65 Å². The SMILES string of the molecule is CCc1c[nH]n2c(=O)cc(-c3ccccc3C)nc12. The molecule has 1 aromatic carbocycles. The van der Waals surface area contributed by atoms with Crippen molar-refractivity contribution in [3.05, 3.63) is 58.0 Å². The number of nitrogens with one attached hydrogen (secondary N) is 1. The molecule has 0 bridgehead atoms. The molecule has 0 amide bonds. The van der Waals surface area contributed by atoms with Crippen LogP contribution in [0, 0.1) is 6.92 Å². The molecule has 0 radical (unpaired) electrons. The number of fused-ring (bicyclic) bond motifs is 1. The van der Waals surface area contributed by atoms with Crippen LogP contribution in [-0.2, 0) is 6.42 Å². The molecule has 3 rings (SSSR count). The van der Waals surface area contributed by atoms with Crippen LogP contribution < -0.4 is 5.56 Å². The Balaban J connectivity index is 2.31. The van der Waals surface area contributed by atoms with E-state index >= 15 is 0 Å². The van der Waals surface area contributed by atoms with E-state index in [-0.39, 0.29) is 5.56 Å². The normalized spacial score (nSPS) is 11.1. The standard InChI is InChI=1S/C15H15N3O/c1-3-11-9-16-18-14(19)8-13(17-15(11)18)12-7-5-4-6-10(12)2/h4-9,16H,3H2,1-2H3. The third-order valence-electron chi connectivity index (χ3n) is 3.38. The molecule has 3 aromatic rings. The van der Waals surface area contributed by atoms with Crippen molar-refractivity contribution >= 4 is 5.65 Å². The lowest BCUT2D eigenvalue weighted by atomic mass is 10.1. The lowest BCUT2D eigenvalue weighted by Gasteiger charge is -2.05. The van der Waals surface area contributed by atoms with E-state index in [1.807, 2.05) is 37.4 Å². The molecule has 4 nitrogen and oxygen atoms in total. The second-order valence-electron chi connectivity index (χ2n) is 4.61. The van der Waals surface area contributed by atoms with Crippen molar-refractivity contribution in [1.29, 1.82) is 0 Å². The van der Waals surface area contributed by atoms with Gasteiger partial charge in [0.2, 0.25) is 0 Å². The number of nitrogens with zero attached hydrogens (tertiary/aromatic N) is 2. The first-order valence-electron chi connectivity index (χ1n) is 6.36. The highest BCUT2D eigenvalue weighted by molar-refractivity contribution is 5.65. The average Bonchev–Trinajstić information content (AvgIpc) is 2.82. The summed E-state index contributed by atoms with van der Waals surface area (Å²) < 4.78 is 1.49. The van der Waals surface area contributed by atoms with Gasteiger partial charge in [0, 0.05) is 23.4 Å². The lowest BCUT2D eigenvalue weighted by molar-refractivity contribution is 0.900. The van der Waals surface area contributed by atoms with Gasteiger partial charge in [0.05, 0.1) is 5.69 Å². The number of aromatic nitrogens is 3. The first kappa shape index (κ1) is 11.7. The minimum atomic E-state index is -0.0806. The summed E-state index contributed by atoms with van der Waals surface area (Å²) in [4.78, 5) is 16.7. The molecular weight excluding hydrogens is 238 g/mol. The number of hydrogen-bond donors (Lipinski definition) is 1. The van der Waals surface area contributed by atoms with Crippen molar-refractivity contribution in [3.8, 4) is 11.3 Å². The molecule has 19 heavy (non-hydrogen) atoms. The van der Waals surface area contributed by atoms with Crippen molar-refractivity contribution in [3.63, 3.8) is 0 Å². The van der Waals surface area contributed by atoms with Crippen LogP contribution in [0.2, 0.25) is 0 Å². The van der Waals surface area contributed by atoms with Crippen LogP contribution in [0.3, 0.4) is 0 Å². The topological polar surface area (TPSA) is 50.2 Å².